The molecule has 0 bridgehead atoms. The quantitative estimate of drug-likeness (QED) is 0.906. The fourth-order valence-corrected chi connectivity index (χ4v) is 1.40. The van der Waals surface area contributed by atoms with Crippen LogP contribution in [0, 0.1) is 11.3 Å². The monoisotopic (exact) mass is 301 g/mol. The topological polar surface area (TPSA) is 65.4 Å². The van der Waals surface area contributed by atoms with E-state index in [1.165, 1.54) is 17.0 Å². The van der Waals surface area contributed by atoms with Crippen molar-refractivity contribution in [1.29, 1.82) is 5.26 Å². The van der Waals surface area contributed by atoms with Crippen molar-refractivity contribution in [2.75, 3.05) is 18.9 Å². The third-order valence-corrected chi connectivity index (χ3v) is 2.61. The summed E-state index contributed by atoms with van der Waals surface area (Å²) in [7, 11) is 1.62. The van der Waals surface area contributed by atoms with Gasteiger partial charge in [-0.3, -0.25) is 9.69 Å². The van der Waals surface area contributed by atoms with Crippen LogP contribution in [0.25, 0.3) is 0 Å². The maximum atomic E-state index is 12.0. The van der Waals surface area contributed by atoms with Crippen LogP contribution < -0.4 is 10.1 Å². The number of nitrogens with one attached hydrogen (secondary N) is 1. The Morgan fingerprint density at radius 3 is 2.48 bits per heavy atom. The van der Waals surface area contributed by atoms with Gasteiger partial charge in [0.15, 0.2) is 0 Å². The number of halogens is 3. The number of nitriles is 1. The minimum absolute atomic E-state index is 0.00444. The highest BCUT2D eigenvalue weighted by Crippen LogP contribution is 2.23. The highest BCUT2D eigenvalue weighted by Gasteiger charge is 2.30. The van der Waals surface area contributed by atoms with E-state index in [-0.39, 0.29) is 18.2 Å². The molecule has 1 amide bonds. The van der Waals surface area contributed by atoms with Gasteiger partial charge in [-0.25, -0.2) is 0 Å². The number of carbonyl (C=O) groups is 1. The second-order valence-electron chi connectivity index (χ2n) is 4.34. The molecule has 0 saturated heterocycles. The maximum absolute atomic E-state index is 12.0. The lowest BCUT2D eigenvalue weighted by Crippen LogP contribution is -2.35. The van der Waals surface area contributed by atoms with Gasteiger partial charge in [0.2, 0.25) is 5.91 Å². The van der Waals surface area contributed by atoms with Crippen molar-refractivity contribution in [2.24, 2.45) is 0 Å². The van der Waals surface area contributed by atoms with Crippen molar-refractivity contribution in [3.8, 4) is 11.8 Å². The number of alkyl halides is 3. The average molecular weight is 301 g/mol. The number of amides is 1. The van der Waals surface area contributed by atoms with Gasteiger partial charge >= 0.3 is 6.36 Å². The summed E-state index contributed by atoms with van der Waals surface area (Å²) in [5, 5.41) is 11.2. The summed E-state index contributed by atoms with van der Waals surface area (Å²) < 4.78 is 39.7. The van der Waals surface area contributed by atoms with Crippen LogP contribution in [0.1, 0.15) is 6.92 Å². The number of rotatable bonds is 5. The molecule has 8 heteroatoms. The summed E-state index contributed by atoms with van der Waals surface area (Å²) in [6, 6.07) is 6.37. The van der Waals surface area contributed by atoms with Gasteiger partial charge in [-0.15, -0.1) is 13.2 Å². The van der Waals surface area contributed by atoms with E-state index in [1.54, 1.807) is 14.0 Å². The van der Waals surface area contributed by atoms with Gasteiger partial charge in [0, 0.05) is 5.69 Å². The molecule has 0 aromatic heterocycles. The Hall–Kier alpha value is -2.27. The summed E-state index contributed by atoms with van der Waals surface area (Å²) in [6.07, 6.45) is -4.75. The van der Waals surface area contributed by atoms with Crippen LogP contribution >= 0.6 is 0 Å². The van der Waals surface area contributed by atoms with Crippen LogP contribution in [0.3, 0.4) is 0 Å². The first-order chi connectivity index (χ1) is 9.71. The number of ether oxygens (including phenoxy) is 1. The highest BCUT2D eigenvalue weighted by molar-refractivity contribution is 5.92. The van der Waals surface area contributed by atoms with Gasteiger partial charge in [-0.1, -0.05) is 0 Å². The normalized spacial score (nSPS) is 12.6. The molecule has 0 unspecified atom stereocenters. The molecule has 1 rings (SSSR count). The van der Waals surface area contributed by atoms with Gasteiger partial charge < -0.3 is 10.1 Å². The minimum atomic E-state index is -4.75. The third-order valence-electron chi connectivity index (χ3n) is 2.61. The maximum Gasteiger partial charge on any atom is 0.573 e. The van der Waals surface area contributed by atoms with Crippen LogP contribution in [0.2, 0.25) is 0 Å². The largest absolute Gasteiger partial charge is 0.573 e. The van der Waals surface area contributed by atoms with Crippen LogP contribution in [0.5, 0.6) is 5.75 Å². The summed E-state index contributed by atoms with van der Waals surface area (Å²) in [5.74, 6) is -0.736. The van der Waals surface area contributed by atoms with Crippen LogP contribution in [-0.4, -0.2) is 36.8 Å². The SMILES string of the molecule is C[C@@H](C#N)N(C)CC(=O)Nc1ccc(OC(F)(F)F)cc1. The van der Waals surface area contributed by atoms with Crippen molar-refractivity contribution in [3.05, 3.63) is 24.3 Å². The highest BCUT2D eigenvalue weighted by atomic mass is 19.4. The first kappa shape index (κ1) is 16.8. The molecule has 1 aromatic rings. The van der Waals surface area contributed by atoms with Gasteiger partial charge in [0.05, 0.1) is 18.7 Å². The lowest BCUT2D eigenvalue weighted by Gasteiger charge is -2.18. The number of likely N-dealkylation sites (N-methyl/N-ethyl adjacent to an activating group) is 1. The first-order valence-corrected chi connectivity index (χ1v) is 5.97. The molecule has 0 aliphatic rings. The Balaban J connectivity index is 2.56. The zero-order valence-electron chi connectivity index (χ0n) is 11.4. The molecule has 5 nitrogen and oxygen atoms in total. The minimum Gasteiger partial charge on any atom is -0.406 e. The second-order valence-corrected chi connectivity index (χ2v) is 4.34. The predicted octanol–water partition coefficient (Wildman–Crippen LogP) is 2.37. The molecule has 114 valence electrons. The zero-order valence-corrected chi connectivity index (χ0v) is 11.4. The van der Waals surface area contributed by atoms with Crippen LogP contribution in [-0.2, 0) is 4.79 Å². The Morgan fingerprint density at radius 2 is 2.00 bits per heavy atom. The molecule has 1 atom stereocenters. The molecular formula is C13H14F3N3O2. The van der Waals surface area contributed by atoms with Crippen molar-refractivity contribution in [1.82, 2.24) is 4.90 Å². The molecule has 1 N–H and O–H groups in total. The summed E-state index contributed by atoms with van der Waals surface area (Å²) in [6.45, 7) is 1.64. The number of carbonyl (C=O) groups excluding carboxylic acids is 1. The molecule has 0 aliphatic carbocycles. The number of hydrogen-bond donors (Lipinski definition) is 1. The van der Waals surface area contributed by atoms with Crippen molar-refractivity contribution >= 4 is 11.6 Å². The second kappa shape index (κ2) is 6.95. The first-order valence-electron chi connectivity index (χ1n) is 5.97. The van der Waals surface area contributed by atoms with E-state index in [1.807, 2.05) is 6.07 Å². The molecule has 0 spiro atoms. The number of benzene rings is 1. The average Bonchev–Trinajstić information content (AvgIpc) is 2.38. The fourth-order valence-electron chi connectivity index (χ4n) is 1.40. The van der Waals surface area contributed by atoms with Crippen molar-refractivity contribution in [2.45, 2.75) is 19.3 Å². The van der Waals surface area contributed by atoms with E-state index in [9.17, 15) is 18.0 Å². The molecule has 0 radical (unpaired) electrons. The smallest absolute Gasteiger partial charge is 0.406 e. The van der Waals surface area contributed by atoms with Gasteiger partial charge in [-0.05, 0) is 38.2 Å². The Bertz CT molecular complexity index is 523. The van der Waals surface area contributed by atoms with Gasteiger partial charge in [-0.2, -0.15) is 5.26 Å². The fraction of sp³-hybridized carbons (Fsp3) is 0.385. The summed E-state index contributed by atoms with van der Waals surface area (Å²) >= 11 is 0. The molecular weight excluding hydrogens is 287 g/mol. The Kier molecular flexibility index (Phi) is 5.55. The molecule has 1 aromatic carbocycles. The summed E-state index contributed by atoms with van der Waals surface area (Å²) in [4.78, 5) is 13.2. The molecule has 0 heterocycles. The van der Waals surface area contributed by atoms with Crippen LogP contribution in [0.15, 0.2) is 24.3 Å². The van der Waals surface area contributed by atoms with Crippen LogP contribution in [0.4, 0.5) is 18.9 Å². The Labute approximate surface area is 119 Å². The predicted molar refractivity (Wildman–Crippen MR) is 69.5 cm³/mol. The Morgan fingerprint density at radius 1 is 1.43 bits per heavy atom. The van der Waals surface area contributed by atoms with E-state index >= 15 is 0 Å². The lowest BCUT2D eigenvalue weighted by atomic mass is 10.3. The van der Waals surface area contributed by atoms with Crippen molar-refractivity contribution < 1.29 is 22.7 Å². The standard InChI is InChI=1S/C13H14F3N3O2/c1-9(7-17)19(2)8-12(20)18-10-3-5-11(6-4-10)21-13(14,15)16/h3-6,9H,8H2,1-2H3,(H,18,20)/t9-/m0/s1. The molecule has 21 heavy (non-hydrogen) atoms. The molecule has 0 aliphatic heterocycles. The zero-order chi connectivity index (χ0) is 16.0. The third kappa shape index (κ3) is 6.14. The van der Waals surface area contributed by atoms with E-state index in [0.29, 0.717) is 5.69 Å². The van der Waals surface area contributed by atoms with E-state index in [2.05, 4.69) is 10.1 Å². The van der Waals surface area contributed by atoms with E-state index < -0.39 is 12.4 Å². The van der Waals surface area contributed by atoms with Gasteiger partial charge in [0.1, 0.15) is 5.75 Å². The lowest BCUT2D eigenvalue weighted by molar-refractivity contribution is -0.274. The van der Waals surface area contributed by atoms with E-state index in [0.717, 1.165) is 12.1 Å². The summed E-state index contributed by atoms with van der Waals surface area (Å²) in [5.41, 5.74) is 0.340. The van der Waals surface area contributed by atoms with Gasteiger partial charge in [0.25, 0.3) is 0 Å². The number of anilines is 1. The van der Waals surface area contributed by atoms with Crippen molar-refractivity contribution in [3.63, 3.8) is 0 Å². The molecule has 0 saturated carbocycles. The number of nitrogens with zero attached hydrogens (tertiary/aromatic N) is 2. The molecule has 0 fully saturated rings. The number of hydrogen-bond acceptors (Lipinski definition) is 4. The van der Waals surface area contributed by atoms with E-state index in [4.69, 9.17) is 5.26 Å².